The van der Waals surface area contributed by atoms with Crippen LogP contribution in [-0.2, 0) is 13.5 Å². The number of benzene rings is 1. The van der Waals surface area contributed by atoms with Crippen LogP contribution in [0.1, 0.15) is 41.9 Å². The average molecular weight is 306 g/mol. The molecule has 0 aliphatic rings. The molecule has 0 fully saturated rings. The van der Waals surface area contributed by atoms with Crippen LogP contribution < -0.4 is 5.32 Å². The summed E-state index contributed by atoms with van der Waals surface area (Å²) in [4.78, 5) is 0. The third-order valence-corrected chi connectivity index (χ3v) is 4.19. The van der Waals surface area contributed by atoms with E-state index in [1.165, 1.54) is 16.8 Å². The lowest BCUT2D eigenvalue weighted by Crippen LogP contribution is -2.24. The molecule has 21 heavy (non-hydrogen) atoms. The van der Waals surface area contributed by atoms with Crippen molar-refractivity contribution in [3.8, 4) is 0 Å². The number of aryl methyl sites for hydroxylation is 2. The maximum Gasteiger partial charge on any atom is 0.0629 e. The Labute approximate surface area is 132 Å². The smallest absolute Gasteiger partial charge is 0.0629 e. The van der Waals surface area contributed by atoms with Gasteiger partial charge in [0.2, 0.25) is 0 Å². The Morgan fingerprint density at radius 3 is 2.67 bits per heavy atom. The Bertz CT molecular complexity index is 604. The quantitative estimate of drug-likeness (QED) is 0.875. The van der Waals surface area contributed by atoms with Crippen LogP contribution >= 0.6 is 11.6 Å². The second-order valence-electron chi connectivity index (χ2n) is 5.54. The van der Waals surface area contributed by atoms with Crippen LogP contribution in [0.3, 0.4) is 0 Å². The van der Waals surface area contributed by atoms with E-state index in [0.717, 1.165) is 30.1 Å². The molecule has 1 N–H and O–H groups in total. The molecule has 1 aromatic heterocycles. The van der Waals surface area contributed by atoms with E-state index in [2.05, 4.69) is 43.3 Å². The summed E-state index contributed by atoms with van der Waals surface area (Å²) in [5, 5.41) is 8.93. The monoisotopic (exact) mass is 305 g/mol. The summed E-state index contributed by atoms with van der Waals surface area (Å²) in [5.41, 5.74) is 4.91. The molecule has 0 saturated heterocycles. The molecule has 0 saturated carbocycles. The van der Waals surface area contributed by atoms with Crippen molar-refractivity contribution in [1.82, 2.24) is 15.1 Å². The molecule has 2 rings (SSSR count). The minimum absolute atomic E-state index is 0.269. The fourth-order valence-electron chi connectivity index (χ4n) is 2.67. The van der Waals surface area contributed by atoms with Gasteiger partial charge in [-0.3, -0.25) is 4.68 Å². The number of rotatable bonds is 6. The molecule has 1 unspecified atom stereocenters. The van der Waals surface area contributed by atoms with Gasteiger partial charge in [-0.25, -0.2) is 0 Å². The van der Waals surface area contributed by atoms with Crippen molar-refractivity contribution in [3.05, 3.63) is 51.8 Å². The first-order valence-corrected chi connectivity index (χ1v) is 7.88. The molecule has 114 valence electrons. The molecular formula is C17H24ClN3. The van der Waals surface area contributed by atoms with Gasteiger partial charge in [0.05, 0.1) is 5.69 Å². The highest BCUT2D eigenvalue weighted by Gasteiger charge is 2.17. The van der Waals surface area contributed by atoms with Crippen molar-refractivity contribution in [2.75, 3.05) is 6.54 Å². The zero-order valence-corrected chi connectivity index (χ0v) is 14.0. The van der Waals surface area contributed by atoms with Gasteiger partial charge in [0.25, 0.3) is 0 Å². The van der Waals surface area contributed by atoms with Crippen molar-refractivity contribution in [3.63, 3.8) is 0 Å². The van der Waals surface area contributed by atoms with E-state index in [4.69, 9.17) is 11.6 Å². The summed E-state index contributed by atoms with van der Waals surface area (Å²) in [6, 6.07) is 8.39. The maximum atomic E-state index is 6.15. The summed E-state index contributed by atoms with van der Waals surface area (Å²) in [6.45, 7) is 7.39. The number of nitrogens with zero attached hydrogens (tertiary/aromatic N) is 2. The Balaban J connectivity index is 2.28. The van der Waals surface area contributed by atoms with Crippen LogP contribution in [0, 0.1) is 13.8 Å². The normalized spacial score (nSPS) is 12.6. The molecule has 0 spiro atoms. The lowest BCUT2D eigenvalue weighted by Gasteiger charge is -2.19. The van der Waals surface area contributed by atoms with Crippen molar-refractivity contribution < 1.29 is 0 Å². The second kappa shape index (κ2) is 7.10. The van der Waals surface area contributed by atoms with Gasteiger partial charge in [0, 0.05) is 23.8 Å². The molecule has 4 heteroatoms. The molecule has 1 atom stereocenters. The molecular weight excluding hydrogens is 282 g/mol. The van der Waals surface area contributed by atoms with Gasteiger partial charge in [-0.15, -0.1) is 0 Å². The summed E-state index contributed by atoms with van der Waals surface area (Å²) in [6.07, 6.45) is 2.05. The average Bonchev–Trinajstić information content (AvgIpc) is 2.69. The first-order valence-electron chi connectivity index (χ1n) is 7.50. The Morgan fingerprint density at radius 1 is 1.33 bits per heavy atom. The van der Waals surface area contributed by atoms with Crippen LogP contribution in [0.15, 0.2) is 24.3 Å². The van der Waals surface area contributed by atoms with E-state index in [9.17, 15) is 0 Å². The topological polar surface area (TPSA) is 29.9 Å². The van der Waals surface area contributed by atoms with Crippen molar-refractivity contribution >= 4 is 11.6 Å². The Kier molecular flexibility index (Phi) is 5.43. The number of hydrogen-bond donors (Lipinski definition) is 1. The van der Waals surface area contributed by atoms with E-state index in [1.54, 1.807) is 0 Å². The number of nitrogens with one attached hydrogen (secondary N) is 1. The van der Waals surface area contributed by atoms with E-state index < -0.39 is 0 Å². The minimum Gasteiger partial charge on any atom is -0.310 e. The van der Waals surface area contributed by atoms with Gasteiger partial charge in [-0.1, -0.05) is 30.7 Å². The highest BCUT2D eigenvalue weighted by atomic mass is 35.5. The van der Waals surface area contributed by atoms with Crippen molar-refractivity contribution in [2.24, 2.45) is 7.05 Å². The Hall–Kier alpha value is -1.32. The number of hydrogen-bond acceptors (Lipinski definition) is 2. The van der Waals surface area contributed by atoms with Crippen LogP contribution in [0.5, 0.6) is 0 Å². The van der Waals surface area contributed by atoms with Crippen LogP contribution in [0.25, 0.3) is 0 Å². The zero-order chi connectivity index (χ0) is 15.4. The largest absolute Gasteiger partial charge is 0.310 e. The van der Waals surface area contributed by atoms with Crippen LogP contribution in [0.4, 0.5) is 0 Å². The first kappa shape index (κ1) is 16.1. The third kappa shape index (κ3) is 3.86. The summed E-state index contributed by atoms with van der Waals surface area (Å²) >= 11 is 6.15. The molecule has 0 aliphatic carbocycles. The highest BCUT2D eigenvalue weighted by Crippen LogP contribution is 2.24. The first-order chi connectivity index (χ1) is 10.0. The summed E-state index contributed by atoms with van der Waals surface area (Å²) in [5.74, 6) is 0. The second-order valence-corrected chi connectivity index (χ2v) is 5.98. The van der Waals surface area contributed by atoms with E-state index >= 15 is 0 Å². The summed E-state index contributed by atoms with van der Waals surface area (Å²) < 4.78 is 1.96. The molecule has 2 aromatic rings. The maximum absolute atomic E-state index is 6.15. The predicted molar refractivity (Wildman–Crippen MR) is 88.9 cm³/mol. The molecule has 1 heterocycles. The molecule has 3 nitrogen and oxygen atoms in total. The van der Waals surface area contributed by atoms with Crippen LogP contribution in [-0.4, -0.2) is 16.3 Å². The van der Waals surface area contributed by atoms with Gasteiger partial charge in [-0.05, 0) is 56.5 Å². The minimum atomic E-state index is 0.269. The fraction of sp³-hybridized carbons (Fsp3) is 0.471. The molecule has 0 radical (unpaired) electrons. The molecule has 1 aromatic carbocycles. The van der Waals surface area contributed by atoms with Gasteiger partial charge >= 0.3 is 0 Å². The Morgan fingerprint density at radius 2 is 2.10 bits per heavy atom. The zero-order valence-electron chi connectivity index (χ0n) is 13.3. The summed E-state index contributed by atoms with van der Waals surface area (Å²) in [7, 11) is 2.00. The van der Waals surface area contributed by atoms with Crippen molar-refractivity contribution in [1.29, 1.82) is 0 Å². The fourth-order valence-corrected chi connectivity index (χ4v) is 2.87. The van der Waals surface area contributed by atoms with Gasteiger partial charge in [0.15, 0.2) is 0 Å². The van der Waals surface area contributed by atoms with Crippen molar-refractivity contribution in [2.45, 2.75) is 39.7 Å². The van der Waals surface area contributed by atoms with Crippen LogP contribution in [0.2, 0.25) is 5.02 Å². The van der Waals surface area contributed by atoms with Gasteiger partial charge in [0.1, 0.15) is 0 Å². The van der Waals surface area contributed by atoms with E-state index in [1.807, 2.05) is 23.9 Å². The predicted octanol–water partition coefficient (Wildman–Crippen LogP) is 3.97. The number of halogens is 1. The van der Waals surface area contributed by atoms with Gasteiger partial charge < -0.3 is 5.32 Å². The third-order valence-electron chi connectivity index (χ3n) is 3.96. The highest BCUT2D eigenvalue weighted by molar-refractivity contribution is 6.30. The molecule has 0 amide bonds. The van der Waals surface area contributed by atoms with E-state index in [0.29, 0.717) is 0 Å². The lowest BCUT2D eigenvalue weighted by atomic mass is 9.97. The number of aromatic nitrogens is 2. The molecule has 0 bridgehead atoms. The van der Waals surface area contributed by atoms with Gasteiger partial charge in [-0.2, -0.15) is 5.10 Å². The lowest BCUT2D eigenvalue weighted by molar-refractivity contribution is 0.527. The SMILES string of the molecule is CCCNC(Cc1c(C)nn(C)c1C)c1cccc(Cl)c1. The van der Waals surface area contributed by atoms with E-state index in [-0.39, 0.29) is 6.04 Å². The standard InChI is InChI=1S/C17H24ClN3/c1-5-9-19-17(14-7-6-8-15(18)10-14)11-16-12(2)20-21(4)13(16)3/h6-8,10,17,19H,5,9,11H2,1-4H3. The molecule has 0 aliphatic heterocycles.